The number of benzene rings is 1. The van der Waals surface area contributed by atoms with Gasteiger partial charge in [0, 0.05) is 11.0 Å². The first-order valence-corrected chi connectivity index (χ1v) is 4.38. The molecule has 0 saturated carbocycles. The molecule has 0 aliphatic carbocycles. The molecule has 0 bridgehead atoms. The SMILES string of the molecule is Cl.NCc1cc2c(cc1Br)OCO2. The fraction of sp³-hybridized carbons (Fsp3) is 0.250. The van der Waals surface area contributed by atoms with Gasteiger partial charge < -0.3 is 15.2 Å². The fourth-order valence-electron chi connectivity index (χ4n) is 1.12. The third-order valence-electron chi connectivity index (χ3n) is 1.76. The Labute approximate surface area is 90.7 Å². The number of halogens is 2. The lowest BCUT2D eigenvalue weighted by atomic mass is 10.2. The quantitative estimate of drug-likeness (QED) is 0.846. The molecule has 1 aliphatic heterocycles. The van der Waals surface area contributed by atoms with Gasteiger partial charge in [-0.2, -0.15) is 0 Å². The highest BCUT2D eigenvalue weighted by molar-refractivity contribution is 9.10. The highest BCUT2D eigenvalue weighted by Gasteiger charge is 2.15. The summed E-state index contributed by atoms with van der Waals surface area (Å²) in [6, 6.07) is 3.77. The minimum absolute atomic E-state index is 0. The molecule has 2 N–H and O–H groups in total. The van der Waals surface area contributed by atoms with Gasteiger partial charge in [0.05, 0.1) is 0 Å². The maximum Gasteiger partial charge on any atom is 0.231 e. The van der Waals surface area contributed by atoms with Crippen LogP contribution in [0.25, 0.3) is 0 Å². The summed E-state index contributed by atoms with van der Waals surface area (Å²) in [5.74, 6) is 1.55. The van der Waals surface area contributed by atoms with Crippen LogP contribution >= 0.6 is 28.3 Å². The lowest BCUT2D eigenvalue weighted by molar-refractivity contribution is 0.174. The molecule has 1 aliphatic rings. The van der Waals surface area contributed by atoms with E-state index >= 15 is 0 Å². The summed E-state index contributed by atoms with van der Waals surface area (Å²) in [5, 5.41) is 0. The van der Waals surface area contributed by atoms with Crippen molar-refractivity contribution in [2.24, 2.45) is 5.73 Å². The Morgan fingerprint density at radius 1 is 1.31 bits per heavy atom. The van der Waals surface area contributed by atoms with E-state index in [4.69, 9.17) is 15.2 Å². The summed E-state index contributed by atoms with van der Waals surface area (Å²) in [6.07, 6.45) is 0. The van der Waals surface area contributed by atoms with Crippen LogP contribution in [0.2, 0.25) is 0 Å². The van der Waals surface area contributed by atoms with Crippen LogP contribution in [-0.2, 0) is 6.54 Å². The molecule has 1 heterocycles. The molecule has 1 aromatic carbocycles. The van der Waals surface area contributed by atoms with E-state index in [9.17, 15) is 0 Å². The van der Waals surface area contributed by atoms with E-state index in [2.05, 4.69) is 15.9 Å². The minimum atomic E-state index is 0. The van der Waals surface area contributed by atoms with Gasteiger partial charge in [0.2, 0.25) is 6.79 Å². The van der Waals surface area contributed by atoms with Crippen molar-refractivity contribution in [1.29, 1.82) is 0 Å². The molecule has 3 nitrogen and oxygen atoms in total. The minimum Gasteiger partial charge on any atom is -0.454 e. The summed E-state index contributed by atoms with van der Waals surface area (Å²) in [7, 11) is 0. The predicted molar refractivity (Wildman–Crippen MR) is 55.4 cm³/mol. The Morgan fingerprint density at radius 3 is 2.54 bits per heavy atom. The van der Waals surface area contributed by atoms with Crippen molar-refractivity contribution in [3.05, 3.63) is 22.2 Å². The Hall–Kier alpha value is -0.450. The maximum absolute atomic E-state index is 5.52. The highest BCUT2D eigenvalue weighted by Crippen LogP contribution is 2.36. The molecule has 0 radical (unpaired) electrons. The average Bonchev–Trinajstić information content (AvgIpc) is 2.49. The van der Waals surface area contributed by atoms with Crippen LogP contribution in [-0.4, -0.2) is 6.79 Å². The summed E-state index contributed by atoms with van der Waals surface area (Å²) in [6.45, 7) is 0.799. The van der Waals surface area contributed by atoms with E-state index in [1.807, 2.05) is 12.1 Å². The smallest absolute Gasteiger partial charge is 0.231 e. The molecular weight excluding hydrogens is 257 g/mol. The molecule has 0 saturated heterocycles. The van der Waals surface area contributed by atoms with Crippen LogP contribution in [0.5, 0.6) is 11.5 Å². The largest absolute Gasteiger partial charge is 0.454 e. The zero-order valence-electron chi connectivity index (χ0n) is 6.75. The van der Waals surface area contributed by atoms with Gasteiger partial charge in [0.1, 0.15) is 0 Å². The van der Waals surface area contributed by atoms with Crippen LogP contribution in [0.1, 0.15) is 5.56 Å². The first-order chi connectivity index (χ1) is 5.81. The van der Waals surface area contributed by atoms with Crippen LogP contribution in [0.3, 0.4) is 0 Å². The molecule has 5 heteroatoms. The van der Waals surface area contributed by atoms with Gasteiger partial charge in [-0.15, -0.1) is 12.4 Å². The van der Waals surface area contributed by atoms with Gasteiger partial charge >= 0.3 is 0 Å². The second kappa shape index (κ2) is 4.17. The molecule has 0 amide bonds. The summed E-state index contributed by atoms with van der Waals surface area (Å²) < 4.78 is 11.3. The third-order valence-corrected chi connectivity index (χ3v) is 2.50. The van der Waals surface area contributed by atoms with E-state index < -0.39 is 0 Å². The molecule has 0 fully saturated rings. The maximum atomic E-state index is 5.52. The van der Waals surface area contributed by atoms with Gasteiger partial charge in [0.25, 0.3) is 0 Å². The molecule has 0 spiro atoms. The summed E-state index contributed by atoms with van der Waals surface area (Å²) in [5.41, 5.74) is 6.55. The zero-order chi connectivity index (χ0) is 8.55. The van der Waals surface area contributed by atoms with Gasteiger partial charge in [-0.05, 0) is 17.7 Å². The number of fused-ring (bicyclic) bond motifs is 1. The fourth-order valence-corrected chi connectivity index (χ4v) is 1.60. The lowest BCUT2D eigenvalue weighted by Gasteiger charge is -2.02. The van der Waals surface area contributed by atoms with Crippen molar-refractivity contribution in [3.63, 3.8) is 0 Å². The van der Waals surface area contributed by atoms with Gasteiger partial charge in [-0.25, -0.2) is 0 Å². The highest BCUT2D eigenvalue weighted by atomic mass is 79.9. The summed E-state index contributed by atoms with van der Waals surface area (Å²) in [4.78, 5) is 0. The lowest BCUT2D eigenvalue weighted by Crippen LogP contribution is -1.97. The second-order valence-corrected chi connectivity index (χ2v) is 3.36. The first-order valence-electron chi connectivity index (χ1n) is 3.59. The predicted octanol–water partition coefficient (Wildman–Crippen LogP) is 2.06. The average molecular weight is 267 g/mol. The van der Waals surface area contributed by atoms with E-state index in [0.29, 0.717) is 13.3 Å². The molecule has 1 aromatic rings. The van der Waals surface area contributed by atoms with E-state index in [-0.39, 0.29) is 12.4 Å². The van der Waals surface area contributed by atoms with Crippen molar-refractivity contribution in [3.8, 4) is 11.5 Å². The van der Waals surface area contributed by atoms with Crippen molar-refractivity contribution < 1.29 is 9.47 Å². The standard InChI is InChI=1S/C8H8BrNO2.ClH/c9-6-2-8-7(11-4-12-8)1-5(6)3-10;/h1-2H,3-4,10H2;1H. The van der Waals surface area contributed by atoms with Crippen LogP contribution < -0.4 is 15.2 Å². The Kier molecular flexibility index (Phi) is 3.41. The Morgan fingerprint density at radius 2 is 1.92 bits per heavy atom. The molecule has 2 rings (SSSR count). The van der Waals surface area contributed by atoms with Gasteiger partial charge in [-0.3, -0.25) is 0 Å². The van der Waals surface area contributed by atoms with Crippen molar-refractivity contribution >= 4 is 28.3 Å². The molecular formula is C8H9BrClNO2. The Balaban J connectivity index is 0.000000845. The second-order valence-electron chi connectivity index (χ2n) is 2.50. The number of hydrogen-bond donors (Lipinski definition) is 1. The molecule has 72 valence electrons. The monoisotopic (exact) mass is 265 g/mol. The molecule has 0 aromatic heterocycles. The first kappa shape index (κ1) is 10.6. The van der Waals surface area contributed by atoms with E-state index in [1.54, 1.807) is 0 Å². The summed E-state index contributed by atoms with van der Waals surface area (Å²) >= 11 is 3.39. The third kappa shape index (κ3) is 1.90. The van der Waals surface area contributed by atoms with Crippen LogP contribution in [0.4, 0.5) is 0 Å². The van der Waals surface area contributed by atoms with Gasteiger partial charge in [0.15, 0.2) is 11.5 Å². The van der Waals surface area contributed by atoms with E-state index in [1.165, 1.54) is 0 Å². The molecule has 0 unspecified atom stereocenters. The number of hydrogen-bond acceptors (Lipinski definition) is 3. The number of nitrogens with two attached hydrogens (primary N) is 1. The van der Waals surface area contributed by atoms with Crippen molar-refractivity contribution in [1.82, 2.24) is 0 Å². The number of rotatable bonds is 1. The van der Waals surface area contributed by atoms with Crippen molar-refractivity contribution in [2.45, 2.75) is 6.54 Å². The molecule has 0 atom stereocenters. The molecule has 13 heavy (non-hydrogen) atoms. The van der Waals surface area contributed by atoms with Crippen molar-refractivity contribution in [2.75, 3.05) is 6.79 Å². The van der Waals surface area contributed by atoms with Crippen LogP contribution in [0.15, 0.2) is 16.6 Å². The topological polar surface area (TPSA) is 44.5 Å². The van der Waals surface area contributed by atoms with Gasteiger partial charge in [-0.1, -0.05) is 15.9 Å². The zero-order valence-corrected chi connectivity index (χ0v) is 9.15. The number of ether oxygens (including phenoxy) is 2. The Bertz CT molecular complexity index is 319. The van der Waals surface area contributed by atoms with Crippen LogP contribution in [0, 0.1) is 0 Å². The normalized spacial score (nSPS) is 12.5. The van der Waals surface area contributed by atoms with E-state index in [0.717, 1.165) is 21.5 Å².